The SMILES string of the molecule is CC(=O)C1C(C)=CC(C)(C)C1(C)C. The van der Waals surface area contributed by atoms with Crippen LogP contribution in [0.15, 0.2) is 11.6 Å². The molecule has 0 aromatic rings. The Bertz CT molecular complexity index is 269. The van der Waals surface area contributed by atoms with Crippen molar-refractivity contribution in [3.05, 3.63) is 11.6 Å². The van der Waals surface area contributed by atoms with Gasteiger partial charge in [-0.3, -0.25) is 4.79 Å². The number of hydrogen-bond acceptors (Lipinski definition) is 1. The normalized spacial score (nSPS) is 30.0. The van der Waals surface area contributed by atoms with E-state index in [0.29, 0.717) is 5.78 Å². The minimum absolute atomic E-state index is 0.0584. The van der Waals surface area contributed by atoms with Gasteiger partial charge in [0.2, 0.25) is 0 Å². The van der Waals surface area contributed by atoms with Crippen LogP contribution < -0.4 is 0 Å². The van der Waals surface area contributed by atoms with Gasteiger partial charge in [0, 0.05) is 5.92 Å². The third-order valence-corrected chi connectivity index (χ3v) is 3.83. The molecule has 13 heavy (non-hydrogen) atoms. The van der Waals surface area contributed by atoms with Gasteiger partial charge in [-0.1, -0.05) is 39.3 Å². The van der Waals surface area contributed by atoms with Crippen LogP contribution in [0, 0.1) is 16.7 Å². The van der Waals surface area contributed by atoms with E-state index in [2.05, 4.69) is 40.7 Å². The third-order valence-electron chi connectivity index (χ3n) is 3.83. The molecule has 0 aromatic carbocycles. The first-order valence-electron chi connectivity index (χ1n) is 4.90. The standard InChI is InChI=1S/C12H20O/c1-8-7-11(3,4)12(5,6)10(8)9(2)13/h7,10H,1-6H3. The van der Waals surface area contributed by atoms with Crippen molar-refractivity contribution in [3.63, 3.8) is 0 Å². The molecule has 1 rings (SSSR count). The molecule has 1 atom stereocenters. The molecule has 0 saturated heterocycles. The largest absolute Gasteiger partial charge is 0.299 e. The van der Waals surface area contributed by atoms with Crippen LogP contribution in [0.5, 0.6) is 0 Å². The summed E-state index contributed by atoms with van der Waals surface area (Å²) in [5.41, 5.74) is 1.43. The highest BCUT2D eigenvalue weighted by molar-refractivity contribution is 5.83. The Kier molecular flexibility index (Phi) is 2.18. The molecule has 0 aromatic heterocycles. The van der Waals surface area contributed by atoms with E-state index in [1.54, 1.807) is 6.92 Å². The van der Waals surface area contributed by atoms with Gasteiger partial charge in [0.05, 0.1) is 0 Å². The molecule has 0 N–H and O–H groups in total. The van der Waals surface area contributed by atoms with Crippen LogP contribution in [0.4, 0.5) is 0 Å². The first kappa shape index (κ1) is 10.5. The lowest BCUT2D eigenvalue weighted by molar-refractivity contribution is -0.123. The zero-order valence-electron chi connectivity index (χ0n) is 9.56. The second-order valence-corrected chi connectivity index (χ2v) is 5.38. The summed E-state index contributed by atoms with van der Waals surface area (Å²) in [6.45, 7) is 12.6. The van der Waals surface area contributed by atoms with Gasteiger partial charge in [-0.05, 0) is 24.7 Å². The van der Waals surface area contributed by atoms with E-state index < -0.39 is 0 Å². The van der Waals surface area contributed by atoms with Crippen molar-refractivity contribution >= 4 is 5.78 Å². The lowest BCUT2D eigenvalue weighted by atomic mass is 9.64. The number of rotatable bonds is 1. The average molecular weight is 180 g/mol. The van der Waals surface area contributed by atoms with E-state index in [9.17, 15) is 4.79 Å². The number of allylic oxidation sites excluding steroid dienone is 2. The number of ketones is 1. The van der Waals surface area contributed by atoms with Crippen LogP contribution in [-0.4, -0.2) is 5.78 Å². The zero-order chi connectivity index (χ0) is 10.4. The molecule has 0 heterocycles. The summed E-state index contributed by atoms with van der Waals surface area (Å²) in [7, 11) is 0. The Morgan fingerprint density at radius 3 is 1.92 bits per heavy atom. The Balaban J connectivity index is 3.16. The number of carbonyl (C=O) groups is 1. The fourth-order valence-corrected chi connectivity index (χ4v) is 2.61. The molecule has 0 amide bonds. The third kappa shape index (κ3) is 1.34. The van der Waals surface area contributed by atoms with E-state index in [4.69, 9.17) is 0 Å². The summed E-state index contributed by atoms with van der Waals surface area (Å²) in [4.78, 5) is 11.5. The molecule has 0 aliphatic heterocycles. The molecular formula is C12H20O. The molecule has 0 spiro atoms. The molecule has 0 fully saturated rings. The maximum absolute atomic E-state index is 11.5. The van der Waals surface area contributed by atoms with Gasteiger partial charge in [0.25, 0.3) is 0 Å². The van der Waals surface area contributed by atoms with Gasteiger partial charge in [0.1, 0.15) is 5.78 Å². The van der Waals surface area contributed by atoms with Gasteiger partial charge in [-0.2, -0.15) is 0 Å². The lowest BCUT2D eigenvalue weighted by Gasteiger charge is -2.38. The second-order valence-electron chi connectivity index (χ2n) is 5.38. The van der Waals surface area contributed by atoms with Crippen molar-refractivity contribution in [2.75, 3.05) is 0 Å². The minimum Gasteiger partial charge on any atom is -0.299 e. The van der Waals surface area contributed by atoms with Gasteiger partial charge in [0.15, 0.2) is 0 Å². The highest BCUT2D eigenvalue weighted by Crippen LogP contribution is 2.54. The number of carbonyl (C=O) groups excluding carboxylic acids is 1. The van der Waals surface area contributed by atoms with Crippen molar-refractivity contribution in [2.24, 2.45) is 16.7 Å². The summed E-state index contributed by atoms with van der Waals surface area (Å²) < 4.78 is 0. The molecule has 74 valence electrons. The predicted octanol–water partition coefficient (Wildman–Crippen LogP) is 3.20. The maximum atomic E-state index is 11.5. The Morgan fingerprint density at radius 2 is 1.77 bits per heavy atom. The lowest BCUT2D eigenvalue weighted by Crippen LogP contribution is -2.36. The quantitative estimate of drug-likeness (QED) is 0.566. The summed E-state index contributed by atoms with van der Waals surface area (Å²) in [6.07, 6.45) is 2.25. The number of hydrogen-bond donors (Lipinski definition) is 0. The molecular weight excluding hydrogens is 160 g/mol. The molecule has 1 aliphatic carbocycles. The smallest absolute Gasteiger partial charge is 0.137 e. The number of Topliss-reactive ketones (excluding diaryl/α,β-unsaturated/α-hetero) is 1. The first-order valence-corrected chi connectivity index (χ1v) is 4.90. The van der Waals surface area contributed by atoms with Gasteiger partial charge >= 0.3 is 0 Å². The van der Waals surface area contributed by atoms with E-state index >= 15 is 0 Å². The van der Waals surface area contributed by atoms with Crippen molar-refractivity contribution in [2.45, 2.75) is 41.5 Å². The second kappa shape index (κ2) is 2.70. The average Bonchev–Trinajstić information content (AvgIpc) is 1.96. The van der Waals surface area contributed by atoms with Crippen molar-refractivity contribution in [1.29, 1.82) is 0 Å². The highest BCUT2D eigenvalue weighted by atomic mass is 16.1. The predicted molar refractivity (Wildman–Crippen MR) is 55.5 cm³/mol. The molecule has 0 radical (unpaired) electrons. The van der Waals surface area contributed by atoms with Crippen LogP contribution in [0.1, 0.15) is 41.5 Å². The zero-order valence-corrected chi connectivity index (χ0v) is 9.56. The maximum Gasteiger partial charge on any atom is 0.137 e. The topological polar surface area (TPSA) is 17.1 Å². The van der Waals surface area contributed by atoms with E-state index in [1.165, 1.54) is 5.57 Å². The van der Waals surface area contributed by atoms with Crippen LogP contribution >= 0.6 is 0 Å². The molecule has 1 heteroatoms. The van der Waals surface area contributed by atoms with Crippen molar-refractivity contribution in [3.8, 4) is 0 Å². The van der Waals surface area contributed by atoms with Gasteiger partial charge in [-0.15, -0.1) is 0 Å². The monoisotopic (exact) mass is 180 g/mol. The van der Waals surface area contributed by atoms with E-state index in [0.717, 1.165) is 0 Å². The van der Waals surface area contributed by atoms with E-state index in [-0.39, 0.29) is 16.7 Å². The molecule has 0 bridgehead atoms. The van der Waals surface area contributed by atoms with Gasteiger partial charge < -0.3 is 0 Å². The Hall–Kier alpha value is -0.590. The Labute approximate surface area is 81.2 Å². The summed E-state index contributed by atoms with van der Waals surface area (Å²) >= 11 is 0. The highest BCUT2D eigenvalue weighted by Gasteiger charge is 2.49. The van der Waals surface area contributed by atoms with Crippen LogP contribution in [0.3, 0.4) is 0 Å². The van der Waals surface area contributed by atoms with Crippen molar-refractivity contribution in [1.82, 2.24) is 0 Å². The first-order chi connectivity index (χ1) is 5.70. The molecule has 0 saturated carbocycles. The Morgan fingerprint density at radius 1 is 1.31 bits per heavy atom. The van der Waals surface area contributed by atoms with Gasteiger partial charge in [-0.25, -0.2) is 0 Å². The van der Waals surface area contributed by atoms with Crippen LogP contribution in [-0.2, 0) is 4.79 Å². The molecule has 1 nitrogen and oxygen atoms in total. The van der Waals surface area contributed by atoms with Crippen molar-refractivity contribution < 1.29 is 4.79 Å². The molecule has 1 unspecified atom stereocenters. The summed E-state index contributed by atoms with van der Waals surface area (Å²) in [6, 6.07) is 0. The van der Waals surface area contributed by atoms with E-state index in [1.807, 2.05) is 0 Å². The van der Waals surface area contributed by atoms with Crippen LogP contribution in [0.2, 0.25) is 0 Å². The fraction of sp³-hybridized carbons (Fsp3) is 0.750. The summed E-state index contributed by atoms with van der Waals surface area (Å²) in [5.74, 6) is 0.409. The summed E-state index contributed by atoms with van der Waals surface area (Å²) in [5, 5.41) is 0. The molecule has 1 aliphatic rings. The fourth-order valence-electron chi connectivity index (χ4n) is 2.61. The minimum atomic E-state index is 0.0584. The van der Waals surface area contributed by atoms with Crippen LogP contribution in [0.25, 0.3) is 0 Å².